The first-order valence-electron chi connectivity index (χ1n) is 7.52. The minimum Gasteiger partial charge on any atom is -0.338 e. The molecule has 4 aromatic rings. The van der Waals surface area contributed by atoms with E-state index in [1.807, 2.05) is 41.9 Å². The Bertz CT molecular complexity index is 1010. The van der Waals surface area contributed by atoms with Crippen LogP contribution < -0.4 is 5.32 Å². The van der Waals surface area contributed by atoms with E-state index in [0.29, 0.717) is 27.6 Å². The summed E-state index contributed by atoms with van der Waals surface area (Å²) in [5.74, 6) is 1.71. The lowest BCUT2D eigenvalue weighted by Crippen LogP contribution is -1.92. The van der Waals surface area contributed by atoms with Gasteiger partial charge in [0, 0.05) is 21.7 Å². The largest absolute Gasteiger partial charge is 0.338 e. The van der Waals surface area contributed by atoms with Gasteiger partial charge in [0.15, 0.2) is 4.34 Å². The summed E-state index contributed by atoms with van der Waals surface area (Å²) in [7, 11) is 0. The van der Waals surface area contributed by atoms with Gasteiger partial charge in [-0.15, -0.1) is 10.2 Å². The summed E-state index contributed by atoms with van der Waals surface area (Å²) < 4.78 is 6.11. The topological polar surface area (TPSA) is 76.7 Å². The molecule has 6 nitrogen and oxygen atoms in total. The molecule has 26 heavy (non-hydrogen) atoms. The monoisotopic (exact) mass is 421 g/mol. The van der Waals surface area contributed by atoms with Crippen molar-refractivity contribution in [3.8, 4) is 11.4 Å². The van der Waals surface area contributed by atoms with Crippen molar-refractivity contribution in [2.75, 3.05) is 5.32 Å². The van der Waals surface area contributed by atoms with Crippen LogP contribution in [-0.2, 0) is 5.75 Å². The van der Waals surface area contributed by atoms with Crippen molar-refractivity contribution >= 4 is 56.9 Å². The zero-order valence-electron chi connectivity index (χ0n) is 13.5. The minimum atomic E-state index is 0.544. The Hall–Kier alpha value is -1.94. The van der Waals surface area contributed by atoms with Crippen LogP contribution in [0.2, 0.25) is 5.02 Å². The fraction of sp³-hybridized carbons (Fsp3) is 0.125. The van der Waals surface area contributed by atoms with Crippen LogP contribution in [0.4, 0.5) is 10.8 Å². The summed E-state index contributed by atoms with van der Waals surface area (Å²) in [6, 6.07) is 7.68. The quantitative estimate of drug-likeness (QED) is 0.403. The summed E-state index contributed by atoms with van der Waals surface area (Å²) in [6.45, 7) is 1.96. The number of thioether (sulfide) groups is 1. The van der Waals surface area contributed by atoms with Crippen LogP contribution in [-0.4, -0.2) is 20.3 Å². The van der Waals surface area contributed by atoms with Gasteiger partial charge in [0.25, 0.3) is 0 Å². The van der Waals surface area contributed by atoms with Gasteiger partial charge in [-0.2, -0.15) is 16.3 Å². The lowest BCUT2D eigenvalue weighted by molar-refractivity contribution is 0.391. The average molecular weight is 422 g/mol. The highest BCUT2D eigenvalue weighted by atomic mass is 35.5. The summed E-state index contributed by atoms with van der Waals surface area (Å²) in [4.78, 5) is 4.40. The van der Waals surface area contributed by atoms with Crippen molar-refractivity contribution in [3.63, 3.8) is 0 Å². The molecule has 0 bridgehead atoms. The number of aromatic nitrogens is 4. The molecular weight excluding hydrogens is 410 g/mol. The second-order valence-corrected chi connectivity index (χ2v) is 8.61. The van der Waals surface area contributed by atoms with Gasteiger partial charge in [-0.25, -0.2) is 0 Å². The first kappa shape index (κ1) is 17.5. The number of rotatable bonds is 6. The van der Waals surface area contributed by atoms with Crippen molar-refractivity contribution in [2.45, 2.75) is 17.0 Å². The number of halogens is 1. The van der Waals surface area contributed by atoms with E-state index in [9.17, 15) is 0 Å². The Morgan fingerprint density at radius 1 is 1.27 bits per heavy atom. The number of nitrogens with zero attached hydrogens (tertiary/aromatic N) is 4. The van der Waals surface area contributed by atoms with Gasteiger partial charge in [0.2, 0.25) is 16.8 Å². The summed E-state index contributed by atoms with van der Waals surface area (Å²) >= 11 is 10.7. The van der Waals surface area contributed by atoms with E-state index in [-0.39, 0.29) is 0 Å². The van der Waals surface area contributed by atoms with Gasteiger partial charge in [-0.3, -0.25) is 0 Å². The van der Waals surface area contributed by atoms with Crippen LogP contribution in [0.1, 0.15) is 11.5 Å². The Labute approximate surface area is 166 Å². The molecule has 10 heteroatoms. The maximum Gasteiger partial charge on any atom is 0.237 e. The second kappa shape index (κ2) is 7.75. The maximum absolute atomic E-state index is 6.14. The number of hydrogen-bond donors (Lipinski definition) is 1. The molecule has 0 aliphatic rings. The summed E-state index contributed by atoms with van der Waals surface area (Å²) in [6.07, 6.45) is 0. The van der Waals surface area contributed by atoms with Gasteiger partial charge in [-0.1, -0.05) is 45.9 Å². The smallest absolute Gasteiger partial charge is 0.237 e. The highest BCUT2D eigenvalue weighted by Gasteiger charge is 2.12. The third-order valence-corrected chi connectivity index (χ3v) is 6.53. The van der Waals surface area contributed by atoms with Crippen LogP contribution >= 0.6 is 46.0 Å². The average Bonchev–Trinajstić information content (AvgIpc) is 3.38. The fourth-order valence-electron chi connectivity index (χ4n) is 2.12. The second-order valence-electron chi connectivity index (χ2n) is 5.22. The molecule has 0 aliphatic carbocycles. The normalized spacial score (nSPS) is 11.0. The Balaban J connectivity index is 1.39. The number of anilines is 2. The number of benzene rings is 1. The molecule has 1 N–H and O–H groups in total. The van der Waals surface area contributed by atoms with E-state index >= 15 is 0 Å². The van der Waals surface area contributed by atoms with E-state index in [1.54, 1.807) is 11.3 Å². The molecule has 0 aliphatic heterocycles. The van der Waals surface area contributed by atoms with Crippen molar-refractivity contribution in [2.24, 2.45) is 0 Å². The Morgan fingerprint density at radius 2 is 2.19 bits per heavy atom. The van der Waals surface area contributed by atoms with Crippen LogP contribution in [0.3, 0.4) is 0 Å². The fourth-order valence-corrected chi connectivity index (χ4v) is 4.53. The van der Waals surface area contributed by atoms with E-state index in [2.05, 4.69) is 25.7 Å². The molecule has 132 valence electrons. The summed E-state index contributed by atoms with van der Waals surface area (Å²) in [5.41, 5.74) is 2.86. The van der Waals surface area contributed by atoms with Crippen LogP contribution in [0.15, 0.2) is 43.9 Å². The van der Waals surface area contributed by atoms with E-state index in [1.165, 1.54) is 23.1 Å². The molecule has 3 heterocycles. The predicted octanol–water partition coefficient (Wildman–Crippen LogP) is 5.65. The van der Waals surface area contributed by atoms with E-state index in [0.717, 1.165) is 21.2 Å². The molecule has 3 aromatic heterocycles. The van der Waals surface area contributed by atoms with Crippen molar-refractivity contribution in [3.05, 3.63) is 51.5 Å². The zero-order chi connectivity index (χ0) is 17.9. The predicted molar refractivity (Wildman–Crippen MR) is 107 cm³/mol. The molecule has 0 saturated carbocycles. The molecule has 0 atom stereocenters. The molecule has 0 unspecified atom stereocenters. The Kier molecular flexibility index (Phi) is 5.21. The third kappa shape index (κ3) is 3.90. The molecule has 1 aromatic carbocycles. The van der Waals surface area contributed by atoms with Crippen molar-refractivity contribution < 1.29 is 4.52 Å². The van der Waals surface area contributed by atoms with Crippen LogP contribution in [0.25, 0.3) is 11.4 Å². The highest BCUT2D eigenvalue weighted by molar-refractivity contribution is 8.00. The lowest BCUT2D eigenvalue weighted by atomic mass is 10.2. The van der Waals surface area contributed by atoms with Gasteiger partial charge in [0.05, 0.1) is 5.75 Å². The maximum atomic E-state index is 6.14. The molecule has 0 fully saturated rings. The molecule has 4 rings (SSSR count). The van der Waals surface area contributed by atoms with Gasteiger partial charge in [-0.05, 0) is 36.1 Å². The van der Waals surface area contributed by atoms with Crippen LogP contribution in [0, 0.1) is 6.92 Å². The molecule has 0 amide bonds. The lowest BCUT2D eigenvalue weighted by Gasteiger charge is -2.06. The Morgan fingerprint density at radius 3 is 3.04 bits per heavy atom. The minimum absolute atomic E-state index is 0.544. The molecule has 0 spiro atoms. The molecular formula is C16H12ClN5OS3. The van der Waals surface area contributed by atoms with Gasteiger partial charge < -0.3 is 9.84 Å². The number of hydrogen-bond acceptors (Lipinski definition) is 9. The zero-order valence-corrected chi connectivity index (χ0v) is 16.7. The van der Waals surface area contributed by atoms with E-state index in [4.69, 9.17) is 16.1 Å². The van der Waals surface area contributed by atoms with Crippen molar-refractivity contribution in [1.29, 1.82) is 0 Å². The first-order chi connectivity index (χ1) is 12.7. The third-order valence-electron chi connectivity index (χ3n) is 3.48. The molecule has 0 saturated heterocycles. The van der Waals surface area contributed by atoms with E-state index < -0.39 is 0 Å². The number of thiophene rings is 1. The van der Waals surface area contributed by atoms with Crippen LogP contribution in [0.5, 0.6) is 0 Å². The van der Waals surface area contributed by atoms with Gasteiger partial charge >= 0.3 is 0 Å². The first-order valence-corrected chi connectivity index (χ1v) is 10.6. The highest BCUT2D eigenvalue weighted by Crippen LogP contribution is 2.32. The number of nitrogens with one attached hydrogen (secondary N) is 1. The standard InChI is InChI=1S/C16H12ClN5OS3/c1-9-11(17)3-2-4-12(9)18-15-20-21-16(26-15)25-8-13-19-14(22-23-13)10-5-6-24-7-10/h2-7H,8H2,1H3,(H,18,20). The molecule has 0 radical (unpaired) electrons. The van der Waals surface area contributed by atoms with Crippen molar-refractivity contribution in [1.82, 2.24) is 20.3 Å². The SMILES string of the molecule is Cc1c(Cl)cccc1Nc1nnc(SCc2nc(-c3ccsc3)no2)s1. The summed E-state index contributed by atoms with van der Waals surface area (Å²) in [5, 5.41) is 21.0. The van der Waals surface area contributed by atoms with Gasteiger partial charge in [0.1, 0.15) is 0 Å².